The van der Waals surface area contributed by atoms with Crippen molar-refractivity contribution < 1.29 is 0 Å². The van der Waals surface area contributed by atoms with Crippen molar-refractivity contribution in [3.05, 3.63) is 81.6 Å². The van der Waals surface area contributed by atoms with Crippen LogP contribution >= 0.6 is 0 Å². The largest absolute Gasteiger partial charge is 0.304 e. The standard InChI is InChI=1S/C24H29NO/c1-3-5-14-20-21-16-10-11-17-23(21)25(18-19-12-8-7-9-13-19)24(26)22(20)15-6-4-2/h7-13,16-17H,3-6,14-15,18H2,1-2H3. The summed E-state index contributed by atoms with van der Waals surface area (Å²) in [5.41, 5.74) is 4.75. The molecule has 0 atom stereocenters. The van der Waals surface area contributed by atoms with Crippen LogP contribution in [0.1, 0.15) is 56.2 Å². The van der Waals surface area contributed by atoms with Gasteiger partial charge < -0.3 is 4.57 Å². The first-order chi connectivity index (χ1) is 12.8. The van der Waals surface area contributed by atoms with Crippen molar-refractivity contribution in [3.8, 4) is 0 Å². The van der Waals surface area contributed by atoms with Crippen LogP contribution in [0.3, 0.4) is 0 Å². The Labute approximate surface area is 156 Å². The summed E-state index contributed by atoms with van der Waals surface area (Å²) in [5.74, 6) is 0. The lowest BCUT2D eigenvalue weighted by Crippen LogP contribution is -2.27. The molecular weight excluding hydrogens is 318 g/mol. The molecule has 2 aromatic carbocycles. The molecule has 2 heteroatoms. The second-order valence-electron chi connectivity index (χ2n) is 7.06. The fraction of sp³-hybridized carbons (Fsp3) is 0.375. The van der Waals surface area contributed by atoms with Crippen LogP contribution in [0, 0.1) is 0 Å². The normalized spacial score (nSPS) is 11.2. The summed E-state index contributed by atoms with van der Waals surface area (Å²) >= 11 is 0. The van der Waals surface area contributed by atoms with Crippen LogP contribution in [0.25, 0.3) is 10.9 Å². The first-order valence-electron chi connectivity index (χ1n) is 9.93. The number of nitrogens with zero attached hydrogens (tertiary/aromatic N) is 1. The summed E-state index contributed by atoms with van der Waals surface area (Å²) in [4.78, 5) is 13.4. The van der Waals surface area contributed by atoms with E-state index in [0.29, 0.717) is 6.54 Å². The average molecular weight is 348 g/mol. The number of benzene rings is 2. The lowest BCUT2D eigenvalue weighted by molar-refractivity contribution is 0.722. The van der Waals surface area contributed by atoms with Gasteiger partial charge in [-0.15, -0.1) is 0 Å². The molecule has 1 aromatic heterocycles. The van der Waals surface area contributed by atoms with Crippen molar-refractivity contribution in [2.24, 2.45) is 0 Å². The number of para-hydroxylation sites is 1. The topological polar surface area (TPSA) is 22.0 Å². The van der Waals surface area contributed by atoms with E-state index in [9.17, 15) is 4.79 Å². The maximum atomic E-state index is 13.4. The first kappa shape index (κ1) is 18.4. The molecule has 0 aliphatic carbocycles. The number of unbranched alkanes of at least 4 members (excludes halogenated alkanes) is 2. The highest BCUT2D eigenvalue weighted by atomic mass is 16.1. The van der Waals surface area contributed by atoms with Gasteiger partial charge in [-0.2, -0.15) is 0 Å². The van der Waals surface area contributed by atoms with Gasteiger partial charge in [0.05, 0.1) is 12.1 Å². The zero-order valence-corrected chi connectivity index (χ0v) is 16.0. The van der Waals surface area contributed by atoms with E-state index in [2.05, 4.69) is 44.2 Å². The average Bonchev–Trinajstić information content (AvgIpc) is 2.68. The minimum Gasteiger partial charge on any atom is -0.304 e. The molecule has 0 radical (unpaired) electrons. The smallest absolute Gasteiger partial charge is 0.254 e. The molecular formula is C24H29NO. The maximum absolute atomic E-state index is 13.4. The Morgan fingerprint density at radius 1 is 0.769 bits per heavy atom. The third-order valence-corrected chi connectivity index (χ3v) is 5.13. The van der Waals surface area contributed by atoms with Gasteiger partial charge in [0.25, 0.3) is 5.56 Å². The van der Waals surface area contributed by atoms with Crippen molar-refractivity contribution >= 4 is 10.9 Å². The van der Waals surface area contributed by atoms with E-state index in [1.807, 2.05) is 28.8 Å². The highest BCUT2D eigenvalue weighted by molar-refractivity contribution is 5.83. The van der Waals surface area contributed by atoms with E-state index in [0.717, 1.165) is 49.6 Å². The van der Waals surface area contributed by atoms with Crippen LogP contribution in [0.2, 0.25) is 0 Å². The predicted molar refractivity (Wildman–Crippen MR) is 111 cm³/mol. The van der Waals surface area contributed by atoms with Gasteiger partial charge in [-0.3, -0.25) is 4.79 Å². The Balaban J connectivity index is 2.20. The highest BCUT2D eigenvalue weighted by Gasteiger charge is 2.16. The third-order valence-electron chi connectivity index (χ3n) is 5.13. The molecule has 0 N–H and O–H groups in total. The second-order valence-corrected chi connectivity index (χ2v) is 7.06. The van der Waals surface area contributed by atoms with Crippen molar-refractivity contribution in [1.29, 1.82) is 0 Å². The summed E-state index contributed by atoms with van der Waals surface area (Å²) in [5, 5.41) is 1.25. The molecule has 0 aliphatic rings. The summed E-state index contributed by atoms with van der Waals surface area (Å²) < 4.78 is 1.98. The van der Waals surface area contributed by atoms with Crippen LogP contribution in [0.4, 0.5) is 0 Å². The molecule has 136 valence electrons. The number of aryl methyl sites for hydroxylation is 1. The summed E-state index contributed by atoms with van der Waals surface area (Å²) in [7, 11) is 0. The van der Waals surface area contributed by atoms with Gasteiger partial charge in [0.15, 0.2) is 0 Å². The third kappa shape index (κ3) is 3.90. The fourth-order valence-electron chi connectivity index (χ4n) is 3.70. The van der Waals surface area contributed by atoms with Crippen molar-refractivity contribution in [2.45, 2.75) is 58.9 Å². The van der Waals surface area contributed by atoms with Gasteiger partial charge in [-0.25, -0.2) is 0 Å². The van der Waals surface area contributed by atoms with Gasteiger partial charge in [0.1, 0.15) is 0 Å². The van der Waals surface area contributed by atoms with E-state index in [4.69, 9.17) is 0 Å². The molecule has 0 amide bonds. The van der Waals surface area contributed by atoms with Gasteiger partial charge in [0, 0.05) is 10.9 Å². The van der Waals surface area contributed by atoms with Crippen LogP contribution in [0.15, 0.2) is 59.4 Å². The van der Waals surface area contributed by atoms with Gasteiger partial charge in [0.2, 0.25) is 0 Å². The lowest BCUT2D eigenvalue weighted by atomic mass is 9.94. The second kappa shape index (κ2) is 8.84. The zero-order chi connectivity index (χ0) is 18.4. The molecule has 0 aliphatic heterocycles. The minimum absolute atomic E-state index is 0.201. The number of hydrogen-bond acceptors (Lipinski definition) is 1. The van der Waals surface area contributed by atoms with Crippen molar-refractivity contribution in [3.63, 3.8) is 0 Å². The Morgan fingerprint density at radius 2 is 1.38 bits per heavy atom. The molecule has 0 spiro atoms. The fourth-order valence-corrected chi connectivity index (χ4v) is 3.70. The molecule has 3 rings (SSSR count). The molecule has 2 nitrogen and oxygen atoms in total. The van der Waals surface area contributed by atoms with Gasteiger partial charge in [-0.05, 0) is 42.9 Å². The monoisotopic (exact) mass is 347 g/mol. The Hall–Kier alpha value is -2.35. The van der Waals surface area contributed by atoms with E-state index < -0.39 is 0 Å². The lowest BCUT2D eigenvalue weighted by Gasteiger charge is -2.18. The molecule has 0 unspecified atom stereocenters. The molecule has 0 saturated carbocycles. The molecule has 1 heterocycles. The molecule has 3 aromatic rings. The van der Waals surface area contributed by atoms with E-state index in [1.54, 1.807) is 0 Å². The van der Waals surface area contributed by atoms with E-state index in [-0.39, 0.29) is 5.56 Å². The van der Waals surface area contributed by atoms with Crippen LogP contribution in [-0.4, -0.2) is 4.57 Å². The number of aromatic nitrogens is 1. The first-order valence-corrected chi connectivity index (χ1v) is 9.93. The number of rotatable bonds is 8. The van der Waals surface area contributed by atoms with Gasteiger partial charge >= 0.3 is 0 Å². The Morgan fingerprint density at radius 3 is 2.08 bits per heavy atom. The number of fused-ring (bicyclic) bond motifs is 1. The Bertz CT molecular complexity index is 909. The minimum atomic E-state index is 0.201. The zero-order valence-electron chi connectivity index (χ0n) is 16.0. The van der Waals surface area contributed by atoms with Crippen LogP contribution < -0.4 is 5.56 Å². The van der Waals surface area contributed by atoms with E-state index in [1.165, 1.54) is 16.5 Å². The Kier molecular flexibility index (Phi) is 6.27. The predicted octanol–water partition coefficient (Wildman–Crippen LogP) is 5.74. The van der Waals surface area contributed by atoms with Crippen LogP contribution in [-0.2, 0) is 19.4 Å². The molecule has 26 heavy (non-hydrogen) atoms. The summed E-state index contributed by atoms with van der Waals surface area (Å²) in [6, 6.07) is 18.7. The molecule has 0 saturated heterocycles. The summed E-state index contributed by atoms with van der Waals surface area (Å²) in [6.07, 6.45) is 6.33. The molecule has 0 bridgehead atoms. The highest BCUT2D eigenvalue weighted by Crippen LogP contribution is 2.24. The van der Waals surface area contributed by atoms with Gasteiger partial charge in [-0.1, -0.05) is 75.2 Å². The number of hydrogen-bond donors (Lipinski definition) is 0. The quantitative estimate of drug-likeness (QED) is 0.509. The molecule has 0 fully saturated rings. The summed E-state index contributed by atoms with van der Waals surface area (Å²) in [6.45, 7) is 5.03. The SMILES string of the molecule is CCCCc1c(CCCC)c2ccccc2n(Cc2ccccc2)c1=O. The van der Waals surface area contributed by atoms with Crippen molar-refractivity contribution in [2.75, 3.05) is 0 Å². The maximum Gasteiger partial charge on any atom is 0.254 e. The number of pyridine rings is 1. The van der Waals surface area contributed by atoms with Crippen molar-refractivity contribution in [1.82, 2.24) is 4.57 Å². The van der Waals surface area contributed by atoms with E-state index >= 15 is 0 Å². The van der Waals surface area contributed by atoms with Crippen LogP contribution in [0.5, 0.6) is 0 Å².